The zero-order chi connectivity index (χ0) is 15.7. The lowest BCUT2D eigenvalue weighted by molar-refractivity contribution is -0.159. The van der Waals surface area contributed by atoms with Crippen molar-refractivity contribution in [3.63, 3.8) is 0 Å². The van der Waals surface area contributed by atoms with E-state index in [0.29, 0.717) is 0 Å². The first-order valence-electron chi connectivity index (χ1n) is 5.22. The van der Waals surface area contributed by atoms with Crippen molar-refractivity contribution < 1.29 is 33.4 Å². The molecular weight excluding hydrogens is 277 g/mol. The second-order valence-corrected chi connectivity index (χ2v) is 3.50. The molecule has 0 spiro atoms. The molecule has 0 radical (unpaired) electrons. The highest BCUT2D eigenvalue weighted by Gasteiger charge is 2.34. The van der Waals surface area contributed by atoms with Crippen molar-refractivity contribution in [3.8, 4) is 0 Å². The van der Waals surface area contributed by atoms with Crippen LogP contribution in [0, 0.1) is 5.92 Å². The minimum absolute atomic E-state index is 0.183. The van der Waals surface area contributed by atoms with E-state index < -0.39 is 42.2 Å². The summed E-state index contributed by atoms with van der Waals surface area (Å²) in [6.45, 7) is 1.32. The maximum Gasteiger partial charge on any atom is 0.314 e. The lowest BCUT2D eigenvalue weighted by atomic mass is 10.0. The Morgan fingerprint density at radius 1 is 1.40 bits per heavy atom. The summed E-state index contributed by atoms with van der Waals surface area (Å²) in [6, 6.07) is 0. The van der Waals surface area contributed by atoms with Gasteiger partial charge < -0.3 is 14.6 Å². The average molecular weight is 289 g/mol. The van der Waals surface area contributed by atoms with E-state index in [9.17, 15) is 18.8 Å². The molecule has 9 nitrogen and oxygen atoms in total. The Hall–Kier alpha value is -2.61. The van der Waals surface area contributed by atoms with Gasteiger partial charge in [-0.2, -0.15) is 0 Å². The molecule has 0 amide bonds. The normalized spacial score (nSPS) is 13.7. The van der Waals surface area contributed by atoms with Crippen LogP contribution in [0.5, 0.6) is 0 Å². The molecule has 0 unspecified atom stereocenters. The van der Waals surface area contributed by atoms with Gasteiger partial charge in [0.2, 0.25) is 0 Å². The molecule has 0 saturated carbocycles. The number of carboxylic acid groups (broad SMARTS) is 1. The quantitative estimate of drug-likeness (QED) is 0.324. The van der Waals surface area contributed by atoms with Crippen molar-refractivity contribution >= 4 is 17.9 Å². The van der Waals surface area contributed by atoms with Gasteiger partial charge in [-0.15, -0.1) is 0 Å². The maximum atomic E-state index is 12.6. The summed E-state index contributed by atoms with van der Waals surface area (Å²) in [5.41, 5.74) is 7.52. The highest BCUT2D eigenvalue weighted by molar-refractivity contribution is 5.74. The number of halogens is 1. The number of carbonyl (C=O) groups excluding carboxylic acids is 2. The predicted molar refractivity (Wildman–Crippen MR) is 61.6 cm³/mol. The highest BCUT2D eigenvalue weighted by atomic mass is 19.1. The van der Waals surface area contributed by atoms with E-state index in [4.69, 9.17) is 10.6 Å². The molecule has 0 aliphatic carbocycles. The van der Waals surface area contributed by atoms with E-state index >= 15 is 0 Å². The zero-order valence-electron chi connectivity index (χ0n) is 10.6. The topological polar surface area (TPSA) is 139 Å². The van der Waals surface area contributed by atoms with Crippen LogP contribution in [0.1, 0.15) is 13.8 Å². The lowest BCUT2D eigenvalue weighted by Gasteiger charge is -2.22. The monoisotopic (exact) mass is 289 g/mol. The van der Waals surface area contributed by atoms with Gasteiger partial charge >= 0.3 is 17.9 Å². The van der Waals surface area contributed by atoms with E-state index in [-0.39, 0.29) is 6.33 Å². The number of esters is 2. The SMILES string of the molecule is CC(=O)OC[C@@H](C(=O)O)[C@@H](OC(C)=O)/C(=C\F)N=[N+]=[N-]. The van der Waals surface area contributed by atoms with Gasteiger partial charge in [0.15, 0.2) is 0 Å². The molecule has 0 heterocycles. The summed E-state index contributed by atoms with van der Waals surface area (Å²) in [7, 11) is 0. The minimum Gasteiger partial charge on any atom is -0.481 e. The summed E-state index contributed by atoms with van der Waals surface area (Å²) in [6.07, 6.45) is -1.90. The molecule has 2 atom stereocenters. The number of aliphatic carboxylic acids is 1. The fourth-order valence-electron chi connectivity index (χ4n) is 1.22. The number of hydrogen-bond donors (Lipinski definition) is 1. The third-order valence-electron chi connectivity index (χ3n) is 2.01. The summed E-state index contributed by atoms with van der Waals surface area (Å²) in [5, 5.41) is 11.9. The summed E-state index contributed by atoms with van der Waals surface area (Å²) in [5.74, 6) is -4.83. The summed E-state index contributed by atoms with van der Waals surface area (Å²) in [4.78, 5) is 35.0. The molecule has 0 aromatic rings. The Kier molecular flexibility index (Phi) is 7.38. The van der Waals surface area contributed by atoms with Gasteiger partial charge in [0.05, 0.1) is 12.0 Å². The van der Waals surface area contributed by atoms with Gasteiger partial charge in [0, 0.05) is 18.8 Å². The zero-order valence-corrected chi connectivity index (χ0v) is 10.6. The molecule has 0 rings (SSSR count). The van der Waals surface area contributed by atoms with Gasteiger partial charge in [0.1, 0.15) is 18.6 Å². The number of carbonyl (C=O) groups is 3. The first-order valence-corrected chi connectivity index (χ1v) is 5.22. The minimum atomic E-state index is -1.72. The van der Waals surface area contributed by atoms with Gasteiger partial charge in [-0.25, -0.2) is 4.39 Å². The van der Waals surface area contributed by atoms with Crippen LogP contribution < -0.4 is 0 Å². The fourth-order valence-corrected chi connectivity index (χ4v) is 1.22. The van der Waals surface area contributed by atoms with Crippen LogP contribution in [0.15, 0.2) is 17.1 Å². The largest absolute Gasteiger partial charge is 0.481 e. The van der Waals surface area contributed by atoms with Crippen LogP contribution in [-0.2, 0) is 23.9 Å². The van der Waals surface area contributed by atoms with Crippen LogP contribution in [0.4, 0.5) is 4.39 Å². The first kappa shape index (κ1) is 17.4. The van der Waals surface area contributed by atoms with Crippen LogP contribution in [0.3, 0.4) is 0 Å². The van der Waals surface area contributed by atoms with Crippen LogP contribution in [-0.4, -0.2) is 35.7 Å². The Morgan fingerprint density at radius 2 is 2.00 bits per heavy atom. The summed E-state index contributed by atoms with van der Waals surface area (Å²) >= 11 is 0. The molecule has 0 bridgehead atoms. The van der Waals surface area contributed by atoms with Crippen LogP contribution in [0.25, 0.3) is 10.4 Å². The second-order valence-electron chi connectivity index (χ2n) is 3.50. The van der Waals surface area contributed by atoms with E-state index in [1.807, 2.05) is 0 Å². The molecule has 110 valence electrons. The van der Waals surface area contributed by atoms with Crippen LogP contribution >= 0.6 is 0 Å². The maximum absolute atomic E-state index is 12.6. The van der Waals surface area contributed by atoms with Gasteiger partial charge in [-0.05, 0) is 5.53 Å². The third kappa shape index (κ3) is 5.83. The molecule has 0 fully saturated rings. The Balaban J connectivity index is 5.40. The number of rotatable bonds is 7. The van der Waals surface area contributed by atoms with Crippen molar-refractivity contribution in [2.24, 2.45) is 11.0 Å². The predicted octanol–water partition coefficient (Wildman–Crippen LogP) is 1.30. The highest BCUT2D eigenvalue weighted by Crippen LogP contribution is 2.20. The van der Waals surface area contributed by atoms with Gasteiger partial charge in [0.25, 0.3) is 0 Å². The Morgan fingerprint density at radius 3 is 2.35 bits per heavy atom. The van der Waals surface area contributed by atoms with E-state index in [0.717, 1.165) is 13.8 Å². The summed E-state index contributed by atoms with van der Waals surface area (Å²) < 4.78 is 21.8. The molecule has 0 aromatic heterocycles. The van der Waals surface area contributed by atoms with Crippen molar-refractivity contribution in [3.05, 3.63) is 22.5 Å². The van der Waals surface area contributed by atoms with Gasteiger partial charge in [-0.1, -0.05) is 5.11 Å². The molecule has 0 aliphatic rings. The molecule has 0 saturated heterocycles. The number of hydrogen-bond acceptors (Lipinski definition) is 6. The third-order valence-corrected chi connectivity index (χ3v) is 2.01. The Labute approximate surface area is 112 Å². The van der Waals surface area contributed by atoms with Crippen molar-refractivity contribution in [1.82, 2.24) is 0 Å². The number of carboxylic acids is 1. The number of nitrogens with zero attached hydrogens (tertiary/aromatic N) is 3. The molecule has 0 aliphatic heterocycles. The number of azide groups is 1. The van der Waals surface area contributed by atoms with E-state index in [1.165, 1.54) is 0 Å². The lowest BCUT2D eigenvalue weighted by Crippen LogP contribution is -2.37. The fraction of sp³-hybridized carbons (Fsp3) is 0.500. The molecule has 0 aromatic carbocycles. The molecule has 20 heavy (non-hydrogen) atoms. The molecule has 10 heteroatoms. The van der Waals surface area contributed by atoms with Crippen molar-refractivity contribution in [1.29, 1.82) is 0 Å². The van der Waals surface area contributed by atoms with Gasteiger partial charge in [-0.3, -0.25) is 14.4 Å². The van der Waals surface area contributed by atoms with Crippen molar-refractivity contribution in [2.45, 2.75) is 20.0 Å². The molecule has 1 N–H and O–H groups in total. The smallest absolute Gasteiger partial charge is 0.314 e. The van der Waals surface area contributed by atoms with E-state index in [2.05, 4.69) is 19.5 Å². The number of ether oxygens (including phenoxy) is 2. The second kappa shape index (κ2) is 8.48. The Bertz CT molecular complexity index is 472. The standard InChI is InChI=1S/C10H12FN3O6/c1-5(15)19-4-7(10(17)18)9(20-6(2)16)8(3-11)13-14-12/h3,7,9H,4H2,1-2H3,(H,17,18)/b8-3+/t7-,9-/m1/s1. The average Bonchev–Trinajstić information content (AvgIpc) is 2.33. The van der Waals surface area contributed by atoms with Crippen molar-refractivity contribution in [2.75, 3.05) is 6.61 Å². The van der Waals surface area contributed by atoms with Crippen LogP contribution in [0.2, 0.25) is 0 Å². The first-order chi connectivity index (χ1) is 9.33. The van der Waals surface area contributed by atoms with E-state index in [1.54, 1.807) is 0 Å². The molecular formula is C10H12FN3O6.